The van der Waals surface area contributed by atoms with Gasteiger partial charge in [-0.1, -0.05) is 6.07 Å². The molecular formula is C11H15F2NO2. The van der Waals surface area contributed by atoms with Crippen LogP contribution in [0.15, 0.2) is 18.2 Å². The van der Waals surface area contributed by atoms with E-state index in [4.69, 9.17) is 9.47 Å². The van der Waals surface area contributed by atoms with Crippen molar-refractivity contribution in [3.63, 3.8) is 0 Å². The highest BCUT2D eigenvalue weighted by atomic mass is 19.2. The van der Waals surface area contributed by atoms with Crippen LogP contribution < -0.4 is 4.90 Å². The van der Waals surface area contributed by atoms with Crippen molar-refractivity contribution in [1.82, 2.24) is 0 Å². The van der Waals surface area contributed by atoms with E-state index in [-0.39, 0.29) is 5.69 Å². The monoisotopic (exact) mass is 231 g/mol. The maximum atomic E-state index is 13.4. The third kappa shape index (κ3) is 2.90. The highest BCUT2D eigenvalue weighted by Crippen LogP contribution is 2.20. The Balaban J connectivity index is 2.80. The summed E-state index contributed by atoms with van der Waals surface area (Å²) < 4.78 is 36.4. The van der Waals surface area contributed by atoms with Crippen molar-refractivity contribution in [3.8, 4) is 0 Å². The van der Waals surface area contributed by atoms with Crippen molar-refractivity contribution in [2.24, 2.45) is 0 Å². The smallest absolute Gasteiger partial charge is 0.182 e. The van der Waals surface area contributed by atoms with E-state index in [0.29, 0.717) is 6.54 Å². The van der Waals surface area contributed by atoms with Gasteiger partial charge in [0.05, 0.1) is 12.2 Å². The van der Waals surface area contributed by atoms with E-state index >= 15 is 0 Å². The number of ether oxygens (including phenoxy) is 2. The lowest BCUT2D eigenvalue weighted by Crippen LogP contribution is -2.32. The molecule has 0 fully saturated rings. The minimum absolute atomic E-state index is 0.180. The van der Waals surface area contributed by atoms with Crippen molar-refractivity contribution in [1.29, 1.82) is 0 Å². The van der Waals surface area contributed by atoms with Gasteiger partial charge in [-0.3, -0.25) is 0 Å². The zero-order valence-electron chi connectivity index (χ0n) is 9.54. The molecule has 0 aliphatic heterocycles. The number of anilines is 1. The Bertz CT molecular complexity index is 343. The van der Waals surface area contributed by atoms with Gasteiger partial charge in [0.25, 0.3) is 0 Å². The lowest BCUT2D eigenvalue weighted by molar-refractivity contribution is -0.0944. The van der Waals surface area contributed by atoms with Crippen molar-refractivity contribution in [2.75, 3.05) is 32.7 Å². The zero-order valence-corrected chi connectivity index (χ0v) is 9.54. The van der Waals surface area contributed by atoms with Crippen LogP contribution in [0.4, 0.5) is 14.5 Å². The molecule has 0 unspecified atom stereocenters. The number of benzene rings is 1. The predicted molar refractivity (Wildman–Crippen MR) is 57.4 cm³/mol. The first-order chi connectivity index (χ1) is 7.60. The Morgan fingerprint density at radius 2 is 1.88 bits per heavy atom. The Labute approximate surface area is 93.6 Å². The van der Waals surface area contributed by atoms with Gasteiger partial charge < -0.3 is 14.4 Å². The molecule has 0 N–H and O–H groups in total. The summed E-state index contributed by atoms with van der Waals surface area (Å²) >= 11 is 0. The van der Waals surface area contributed by atoms with Crippen LogP contribution in [0.5, 0.6) is 0 Å². The predicted octanol–water partition coefficient (Wildman–Crippen LogP) is 2.02. The van der Waals surface area contributed by atoms with Crippen LogP contribution in [0.1, 0.15) is 0 Å². The second kappa shape index (κ2) is 5.77. The molecule has 16 heavy (non-hydrogen) atoms. The summed E-state index contributed by atoms with van der Waals surface area (Å²) in [4.78, 5) is 1.54. The van der Waals surface area contributed by atoms with Crippen LogP contribution in [-0.2, 0) is 9.47 Å². The van der Waals surface area contributed by atoms with Crippen LogP contribution in [-0.4, -0.2) is 34.1 Å². The molecule has 3 nitrogen and oxygen atoms in total. The van der Waals surface area contributed by atoms with Crippen molar-refractivity contribution in [3.05, 3.63) is 29.8 Å². The van der Waals surface area contributed by atoms with Gasteiger partial charge in [0.15, 0.2) is 17.9 Å². The molecule has 1 aromatic carbocycles. The highest BCUT2D eigenvalue weighted by molar-refractivity contribution is 5.47. The fourth-order valence-corrected chi connectivity index (χ4v) is 1.35. The molecule has 0 aromatic heterocycles. The average Bonchev–Trinajstić information content (AvgIpc) is 2.29. The first-order valence-electron chi connectivity index (χ1n) is 4.81. The first kappa shape index (κ1) is 12.9. The number of hydrogen-bond donors (Lipinski definition) is 0. The summed E-state index contributed by atoms with van der Waals surface area (Å²) in [5.41, 5.74) is 0.180. The third-order valence-corrected chi connectivity index (χ3v) is 2.29. The Kier molecular flexibility index (Phi) is 4.64. The number of rotatable bonds is 5. The van der Waals surface area contributed by atoms with Gasteiger partial charge in [0.2, 0.25) is 0 Å². The standard InChI is InChI=1S/C11H15F2NO2/c1-14(7-10(15-2)16-3)9-6-4-5-8(12)11(9)13/h4-6,10H,7H2,1-3H3. The second-order valence-corrected chi connectivity index (χ2v) is 3.35. The van der Waals surface area contributed by atoms with E-state index < -0.39 is 17.9 Å². The SMILES string of the molecule is COC(CN(C)c1cccc(F)c1F)OC. The van der Waals surface area contributed by atoms with Crippen LogP contribution in [0, 0.1) is 11.6 Å². The van der Waals surface area contributed by atoms with Gasteiger partial charge in [-0.15, -0.1) is 0 Å². The maximum absolute atomic E-state index is 13.4. The molecule has 0 spiro atoms. The molecule has 0 radical (unpaired) electrons. The molecule has 0 aliphatic carbocycles. The molecule has 0 amide bonds. The largest absolute Gasteiger partial charge is 0.367 e. The van der Waals surface area contributed by atoms with Gasteiger partial charge >= 0.3 is 0 Å². The van der Waals surface area contributed by atoms with E-state index in [1.807, 2.05) is 0 Å². The summed E-state index contributed by atoms with van der Waals surface area (Å²) in [5.74, 6) is -1.73. The normalized spacial score (nSPS) is 10.9. The van der Waals surface area contributed by atoms with E-state index in [1.54, 1.807) is 7.05 Å². The summed E-state index contributed by atoms with van der Waals surface area (Å²) in [6.07, 6.45) is -0.479. The molecule has 0 aliphatic rings. The number of nitrogens with zero attached hydrogens (tertiary/aromatic N) is 1. The van der Waals surface area contributed by atoms with Crippen molar-refractivity contribution < 1.29 is 18.3 Å². The minimum atomic E-state index is -0.865. The average molecular weight is 231 g/mol. The molecule has 90 valence electrons. The van der Waals surface area contributed by atoms with Crippen LogP contribution in [0.2, 0.25) is 0 Å². The fourth-order valence-electron chi connectivity index (χ4n) is 1.35. The lowest BCUT2D eigenvalue weighted by atomic mass is 10.2. The van der Waals surface area contributed by atoms with Crippen LogP contribution in [0.3, 0.4) is 0 Å². The van der Waals surface area contributed by atoms with Gasteiger partial charge in [-0.2, -0.15) is 0 Å². The van der Waals surface area contributed by atoms with Crippen LogP contribution >= 0.6 is 0 Å². The highest BCUT2D eigenvalue weighted by Gasteiger charge is 2.15. The summed E-state index contributed by atoms with van der Waals surface area (Å²) in [7, 11) is 4.62. The van der Waals surface area contributed by atoms with Gasteiger partial charge in [-0.25, -0.2) is 8.78 Å². The topological polar surface area (TPSA) is 21.7 Å². The fraction of sp³-hybridized carbons (Fsp3) is 0.455. The van der Waals surface area contributed by atoms with Gasteiger partial charge in [0.1, 0.15) is 0 Å². The molecule has 0 saturated heterocycles. The van der Waals surface area contributed by atoms with Crippen molar-refractivity contribution >= 4 is 5.69 Å². The van der Waals surface area contributed by atoms with E-state index in [2.05, 4.69) is 0 Å². The third-order valence-electron chi connectivity index (χ3n) is 2.29. The minimum Gasteiger partial charge on any atom is -0.367 e. The molecule has 0 heterocycles. The molecule has 0 saturated carbocycles. The first-order valence-corrected chi connectivity index (χ1v) is 4.81. The summed E-state index contributed by atoms with van der Waals surface area (Å²) in [6, 6.07) is 4.04. The van der Waals surface area contributed by atoms with Crippen molar-refractivity contribution in [2.45, 2.75) is 6.29 Å². The molecule has 1 aromatic rings. The number of halogens is 2. The number of hydrogen-bond acceptors (Lipinski definition) is 3. The van der Waals surface area contributed by atoms with Gasteiger partial charge in [-0.05, 0) is 12.1 Å². The Morgan fingerprint density at radius 3 is 2.44 bits per heavy atom. The summed E-state index contributed by atoms with van der Waals surface area (Å²) in [6.45, 7) is 0.313. The Hall–Kier alpha value is -1.20. The molecule has 1 rings (SSSR count). The lowest BCUT2D eigenvalue weighted by Gasteiger charge is -2.24. The quantitative estimate of drug-likeness (QED) is 0.724. The maximum Gasteiger partial charge on any atom is 0.182 e. The molecule has 5 heteroatoms. The second-order valence-electron chi connectivity index (χ2n) is 3.35. The van der Waals surface area contributed by atoms with E-state index in [9.17, 15) is 8.78 Å². The van der Waals surface area contributed by atoms with Crippen LogP contribution in [0.25, 0.3) is 0 Å². The van der Waals surface area contributed by atoms with E-state index in [1.165, 1.54) is 31.3 Å². The Morgan fingerprint density at radius 1 is 1.25 bits per heavy atom. The summed E-state index contributed by atoms with van der Waals surface area (Å²) in [5, 5.41) is 0. The number of methoxy groups -OCH3 is 2. The zero-order chi connectivity index (χ0) is 12.1. The number of likely N-dealkylation sites (N-methyl/N-ethyl adjacent to an activating group) is 1. The molecule has 0 atom stereocenters. The van der Waals surface area contributed by atoms with Gasteiger partial charge in [0, 0.05) is 21.3 Å². The van der Waals surface area contributed by atoms with E-state index in [0.717, 1.165) is 6.07 Å². The molecular weight excluding hydrogens is 216 g/mol. The molecule has 0 bridgehead atoms.